The Morgan fingerprint density at radius 2 is 2.04 bits per heavy atom. The van der Waals surface area contributed by atoms with Crippen molar-refractivity contribution < 1.29 is 14.6 Å². The van der Waals surface area contributed by atoms with E-state index >= 15 is 0 Å². The van der Waals surface area contributed by atoms with E-state index in [9.17, 15) is 4.79 Å². The Bertz CT molecular complexity index is 696. The Kier molecular flexibility index (Phi) is 5.04. The zero-order chi connectivity index (χ0) is 16.9. The van der Waals surface area contributed by atoms with Crippen molar-refractivity contribution in [3.63, 3.8) is 0 Å². The smallest absolute Gasteiger partial charge is 0.305 e. The van der Waals surface area contributed by atoms with Crippen molar-refractivity contribution in [3.8, 4) is 5.75 Å². The van der Waals surface area contributed by atoms with Gasteiger partial charge in [-0.05, 0) is 49.6 Å². The van der Waals surface area contributed by atoms with E-state index in [2.05, 4.69) is 30.0 Å². The first-order valence-corrected chi connectivity index (χ1v) is 8.38. The lowest BCUT2D eigenvalue weighted by Crippen LogP contribution is -2.31. The first-order valence-electron chi connectivity index (χ1n) is 8.38. The number of rotatable bonds is 6. The molecule has 0 saturated carbocycles. The number of carboxylic acid groups (broad SMARTS) is 1. The standard InChI is InChI=1S/C20H23NO3/c1-15-4-2-5-16(12-15)14-24-19-9-7-17(8-10-19)21-11-3-6-18(21)13-20(22)23/h2,4-5,7-10,12,18H,3,6,11,13-14H2,1H3,(H,22,23). The largest absolute Gasteiger partial charge is 0.489 e. The summed E-state index contributed by atoms with van der Waals surface area (Å²) in [4.78, 5) is 13.2. The highest BCUT2D eigenvalue weighted by Crippen LogP contribution is 2.29. The highest BCUT2D eigenvalue weighted by molar-refractivity contribution is 5.69. The van der Waals surface area contributed by atoms with Gasteiger partial charge in [0.2, 0.25) is 0 Å². The fraction of sp³-hybridized carbons (Fsp3) is 0.350. The molecule has 1 saturated heterocycles. The molecule has 1 fully saturated rings. The first kappa shape index (κ1) is 16.4. The van der Waals surface area contributed by atoms with Crippen molar-refractivity contribution >= 4 is 11.7 Å². The predicted molar refractivity (Wildman–Crippen MR) is 94.6 cm³/mol. The van der Waals surface area contributed by atoms with Gasteiger partial charge in [0.25, 0.3) is 0 Å². The van der Waals surface area contributed by atoms with E-state index in [0.717, 1.165) is 36.4 Å². The van der Waals surface area contributed by atoms with E-state index < -0.39 is 5.97 Å². The maximum absolute atomic E-state index is 11.0. The van der Waals surface area contributed by atoms with Gasteiger partial charge in [-0.25, -0.2) is 0 Å². The number of nitrogens with zero attached hydrogens (tertiary/aromatic N) is 1. The average Bonchev–Trinajstić information content (AvgIpc) is 3.01. The molecule has 0 aromatic heterocycles. The minimum atomic E-state index is -0.731. The minimum Gasteiger partial charge on any atom is -0.489 e. The number of hydrogen-bond acceptors (Lipinski definition) is 3. The molecule has 0 amide bonds. The van der Waals surface area contributed by atoms with Crippen LogP contribution in [-0.2, 0) is 11.4 Å². The summed E-state index contributed by atoms with van der Waals surface area (Å²) in [5.74, 6) is 0.0965. The third-order valence-electron chi connectivity index (χ3n) is 4.44. The lowest BCUT2D eigenvalue weighted by atomic mass is 10.1. The van der Waals surface area contributed by atoms with E-state index in [1.165, 1.54) is 5.56 Å². The number of aliphatic carboxylic acids is 1. The molecule has 3 rings (SSSR count). The quantitative estimate of drug-likeness (QED) is 0.871. The molecule has 1 heterocycles. The second kappa shape index (κ2) is 7.39. The topological polar surface area (TPSA) is 49.8 Å². The first-order chi connectivity index (χ1) is 11.6. The van der Waals surface area contributed by atoms with Crippen molar-refractivity contribution in [2.45, 2.75) is 38.8 Å². The highest BCUT2D eigenvalue weighted by atomic mass is 16.5. The van der Waals surface area contributed by atoms with Gasteiger partial charge >= 0.3 is 5.97 Å². The summed E-state index contributed by atoms with van der Waals surface area (Å²) < 4.78 is 5.84. The summed E-state index contributed by atoms with van der Waals surface area (Å²) in [5, 5.41) is 9.03. The number of benzene rings is 2. The van der Waals surface area contributed by atoms with Crippen LogP contribution in [-0.4, -0.2) is 23.7 Å². The van der Waals surface area contributed by atoms with Crippen LogP contribution in [0.2, 0.25) is 0 Å². The monoisotopic (exact) mass is 325 g/mol. The van der Waals surface area contributed by atoms with E-state index in [0.29, 0.717) is 6.61 Å². The molecule has 1 aliphatic heterocycles. The van der Waals surface area contributed by atoms with Crippen LogP contribution in [0, 0.1) is 6.92 Å². The number of anilines is 1. The Morgan fingerprint density at radius 1 is 1.25 bits per heavy atom. The molecular weight excluding hydrogens is 302 g/mol. The van der Waals surface area contributed by atoms with Crippen LogP contribution in [0.4, 0.5) is 5.69 Å². The lowest BCUT2D eigenvalue weighted by Gasteiger charge is -2.25. The van der Waals surface area contributed by atoms with E-state index in [1.807, 2.05) is 30.3 Å². The predicted octanol–water partition coefficient (Wildman–Crippen LogP) is 4.02. The molecule has 2 aromatic rings. The Hall–Kier alpha value is -2.49. The molecular formula is C20H23NO3. The zero-order valence-corrected chi connectivity index (χ0v) is 13.9. The Morgan fingerprint density at radius 3 is 2.75 bits per heavy atom. The van der Waals surface area contributed by atoms with Gasteiger partial charge in [-0.15, -0.1) is 0 Å². The number of aryl methyl sites for hydroxylation is 1. The van der Waals surface area contributed by atoms with E-state index in [4.69, 9.17) is 9.84 Å². The highest BCUT2D eigenvalue weighted by Gasteiger charge is 2.26. The van der Waals surface area contributed by atoms with Crippen molar-refractivity contribution in [1.29, 1.82) is 0 Å². The third kappa shape index (κ3) is 4.07. The molecule has 1 unspecified atom stereocenters. The zero-order valence-electron chi connectivity index (χ0n) is 13.9. The second-order valence-corrected chi connectivity index (χ2v) is 6.36. The molecule has 1 atom stereocenters. The van der Waals surface area contributed by atoms with Gasteiger partial charge in [-0.2, -0.15) is 0 Å². The SMILES string of the molecule is Cc1cccc(COc2ccc(N3CCCC3CC(=O)O)cc2)c1. The summed E-state index contributed by atoms with van der Waals surface area (Å²) in [7, 11) is 0. The normalized spacial score (nSPS) is 17.0. The maximum atomic E-state index is 11.0. The van der Waals surface area contributed by atoms with Crippen LogP contribution in [0.5, 0.6) is 5.75 Å². The van der Waals surface area contributed by atoms with Gasteiger partial charge in [0.05, 0.1) is 6.42 Å². The molecule has 4 heteroatoms. The molecule has 0 bridgehead atoms. The van der Waals surface area contributed by atoms with Crippen LogP contribution < -0.4 is 9.64 Å². The van der Waals surface area contributed by atoms with Crippen LogP contribution in [0.1, 0.15) is 30.4 Å². The lowest BCUT2D eigenvalue weighted by molar-refractivity contribution is -0.137. The molecule has 0 spiro atoms. The second-order valence-electron chi connectivity index (χ2n) is 6.36. The molecule has 24 heavy (non-hydrogen) atoms. The van der Waals surface area contributed by atoms with E-state index in [-0.39, 0.29) is 12.5 Å². The molecule has 0 radical (unpaired) electrons. The number of carbonyl (C=O) groups is 1. The average molecular weight is 325 g/mol. The van der Waals surface area contributed by atoms with Gasteiger partial charge in [0.1, 0.15) is 12.4 Å². The van der Waals surface area contributed by atoms with Gasteiger partial charge in [-0.1, -0.05) is 29.8 Å². The van der Waals surface area contributed by atoms with Crippen molar-refractivity contribution in [2.75, 3.05) is 11.4 Å². The third-order valence-corrected chi connectivity index (χ3v) is 4.44. The van der Waals surface area contributed by atoms with Crippen molar-refractivity contribution in [3.05, 3.63) is 59.7 Å². The minimum absolute atomic E-state index is 0.0987. The molecule has 4 nitrogen and oxygen atoms in total. The van der Waals surface area contributed by atoms with Crippen molar-refractivity contribution in [2.24, 2.45) is 0 Å². The number of carboxylic acids is 1. The van der Waals surface area contributed by atoms with Crippen LogP contribution in [0.25, 0.3) is 0 Å². The summed E-state index contributed by atoms with van der Waals surface area (Å²) in [5.41, 5.74) is 3.45. The number of hydrogen-bond donors (Lipinski definition) is 1. The van der Waals surface area contributed by atoms with E-state index in [1.54, 1.807) is 0 Å². The summed E-state index contributed by atoms with van der Waals surface area (Å²) in [6.07, 6.45) is 2.19. The summed E-state index contributed by atoms with van der Waals surface area (Å²) in [6, 6.07) is 16.3. The van der Waals surface area contributed by atoms with Crippen LogP contribution in [0.15, 0.2) is 48.5 Å². The Labute approximate surface area is 142 Å². The summed E-state index contributed by atoms with van der Waals surface area (Å²) >= 11 is 0. The Balaban J connectivity index is 1.61. The van der Waals surface area contributed by atoms with Gasteiger partial charge in [0, 0.05) is 18.3 Å². The molecule has 0 aliphatic carbocycles. The van der Waals surface area contributed by atoms with Crippen LogP contribution >= 0.6 is 0 Å². The molecule has 2 aromatic carbocycles. The fourth-order valence-electron chi connectivity index (χ4n) is 3.29. The molecule has 126 valence electrons. The summed E-state index contributed by atoms with van der Waals surface area (Å²) in [6.45, 7) is 3.54. The van der Waals surface area contributed by atoms with Gasteiger partial charge in [0.15, 0.2) is 0 Å². The molecule has 1 N–H and O–H groups in total. The van der Waals surface area contributed by atoms with Gasteiger partial charge in [-0.3, -0.25) is 4.79 Å². The van der Waals surface area contributed by atoms with Crippen molar-refractivity contribution in [1.82, 2.24) is 0 Å². The van der Waals surface area contributed by atoms with Gasteiger partial charge < -0.3 is 14.7 Å². The number of ether oxygens (including phenoxy) is 1. The van der Waals surface area contributed by atoms with Crippen LogP contribution in [0.3, 0.4) is 0 Å². The molecule has 1 aliphatic rings. The fourth-order valence-corrected chi connectivity index (χ4v) is 3.29. The maximum Gasteiger partial charge on any atom is 0.305 e.